The van der Waals surface area contributed by atoms with Gasteiger partial charge in [-0.2, -0.15) is 0 Å². The molecule has 0 aromatic heterocycles. The highest BCUT2D eigenvalue weighted by Gasteiger charge is 2.45. The molecule has 0 spiro atoms. The average molecular weight is 621 g/mol. The first-order valence-corrected chi connectivity index (χ1v) is 17.8. The monoisotopic (exact) mass is 620 g/mol. The molecule has 10 heteroatoms. The number of β-amino-alcohol motifs (C(OH)–C–C–N with tert-alkyl or cyclic N) is 1. The number of amides is 2. The van der Waals surface area contributed by atoms with Gasteiger partial charge in [0.25, 0.3) is 0 Å². The molecule has 0 radical (unpaired) electrons. The highest BCUT2D eigenvalue weighted by Crippen LogP contribution is 2.39. The van der Waals surface area contributed by atoms with E-state index < -0.39 is 38.7 Å². The molecule has 3 rings (SSSR count). The van der Waals surface area contributed by atoms with Crippen molar-refractivity contribution in [3.8, 4) is 0 Å². The molecule has 6 atom stereocenters. The maximum Gasteiger partial charge on any atom is 0.239 e. The molecule has 0 unspecified atom stereocenters. The summed E-state index contributed by atoms with van der Waals surface area (Å²) in [4.78, 5) is 29.5. The Hall–Kier alpha value is -2.01. The molecule has 2 fully saturated rings. The predicted molar refractivity (Wildman–Crippen MR) is 172 cm³/mol. The van der Waals surface area contributed by atoms with Gasteiger partial charge in [0, 0.05) is 30.9 Å². The molecule has 0 bridgehead atoms. The fraction of sp³-hybridized carbons (Fsp3) is 0.758. The van der Waals surface area contributed by atoms with E-state index in [2.05, 4.69) is 20.9 Å². The van der Waals surface area contributed by atoms with Crippen LogP contribution < -0.4 is 16.0 Å². The van der Waals surface area contributed by atoms with Gasteiger partial charge in [-0.1, -0.05) is 63.4 Å². The van der Waals surface area contributed by atoms with Crippen molar-refractivity contribution in [2.75, 3.05) is 19.3 Å². The Morgan fingerprint density at radius 2 is 1.63 bits per heavy atom. The van der Waals surface area contributed by atoms with Crippen LogP contribution in [0.4, 0.5) is 0 Å². The van der Waals surface area contributed by atoms with E-state index in [4.69, 9.17) is 0 Å². The molecule has 244 valence electrons. The number of piperidine rings is 1. The predicted octanol–water partition coefficient (Wildman–Crippen LogP) is 3.06. The van der Waals surface area contributed by atoms with Crippen molar-refractivity contribution >= 4 is 21.7 Å². The average Bonchev–Trinajstić information content (AvgIpc) is 2.89. The van der Waals surface area contributed by atoms with Crippen molar-refractivity contribution in [1.29, 1.82) is 0 Å². The number of hydrogen-bond donors (Lipinski definition) is 4. The lowest BCUT2D eigenvalue weighted by Crippen LogP contribution is -2.64. The van der Waals surface area contributed by atoms with Gasteiger partial charge in [0.2, 0.25) is 11.8 Å². The summed E-state index contributed by atoms with van der Waals surface area (Å²) in [6.07, 6.45) is 5.91. The molecule has 9 nitrogen and oxygen atoms in total. The van der Waals surface area contributed by atoms with E-state index >= 15 is 0 Å². The maximum atomic E-state index is 13.9. The summed E-state index contributed by atoms with van der Waals surface area (Å²) in [7, 11) is -3.61. The lowest BCUT2D eigenvalue weighted by Gasteiger charge is -2.47. The molecule has 4 N–H and O–H groups in total. The van der Waals surface area contributed by atoms with Crippen LogP contribution in [-0.4, -0.2) is 90.1 Å². The summed E-state index contributed by atoms with van der Waals surface area (Å²) < 4.78 is 24.1. The number of carbonyl (C=O) groups is 2. The van der Waals surface area contributed by atoms with Crippen LogP contribution in [0.15, 0.2) is 30.3 Å². The normalized spacial score (nSPS) is 24.1. The van der Waals surface area contributed by atoms with E-state index in [0.29, 0.717) is 18.3 Å². The lowest BCUT2D eigenvalue weighted by molar-refractivity contribution is -0.133. The zero-order valence-corrected chi connectivity index (χ0v) is 28.3. The number of carbonyl (C=O) groups excluding carboxylic acids is 2. The largest absolute Gasteiger partial charge is 0.390 e. The molecule has 2 aliphatic rings. The topological polar surface area (TPSA) is 128 Å². The van der Waals surface area contributed by atoms with Crippen LogP contribution in [0.3, 0.4) is 0 Å². The molecule has 43 heavy (non-hydrogen) atoms. The second-order valence-electron chi connectivity index (χ2n) is 14.8. The molecule has 1 aromatic carbocycles. The first kappa shape index (κ1) is 35.5. The molecule has 1 saturated heterocycles. The van der Waals surface area contributed by atoms with Crippen LogP contribution in [0.2, 0.25) is 0 Å². The summed E-state index contributed by atoms with van der Waals surface area (Å²) in [6, 6.07) is 7.40. The number of benzene rings is 1. The van der Waals surface area contributed by atoms with Crippen LogP contribution in [0, 0.1) is 11.8 Å². The van der Waals surface area contributed by atoms with E-state index in [1.807, 2.05) is 65.0 Å². The molecule has 1 heterocycles. The van der Waals surface area contributed by atoms with E-state index in [-0.39, 0.29) is 30.1 Å². The highest BCUT2D eigenvalue weighted by molar-refractivity contribution is 7.92. The van der Waals surface area contributed by atoms with Crippen molar-refractivity contribution in [3.05, 3.63) is 35.9 Å². The fourth-order valence-corrected chi connectivity index (χ4v) is 7.15. The van der Waals surface area contributed by atoms with Crippen LogP contribution in [0.25, 0.3) is 0 Å². The fourth-order valence-electron chi connectivity index (χ4n) is 6.55. The number of nitrogens with zero attached hydrogens (tertiary/aromatic N) is 1. The van der Waals surface area contributed by atoms with Crippen molar-refractivity contribution in [1.82, 2.24) is 20.9 Å². The van der Waals surface area contributed by atoms with Crippen molar-refractivity contribution < 1.29 is 23.1 Å². The summed E-state index contributed by atoms with van der Waals surface area (Å²) >= 11 is 0. The third-order valence-corrected chi connectivity index (χ3v) is 11.4. The van der Waals surface area contributed by atoms with Crippen molar-refractivity contribution in [2.24, 2.45) is 11.8 Å². The Morgan fingerprint density at radius 3 is 2.19 bits per heavy atom. The van der Waals surface area contributed by atoms with Crippen molar-refractivity contribution in [3.63, 3.8) is 0 Å². The van der Waals surface area contributed by atoms with Gasteiger partial charge in [-0.15, -0.1) is 0 Å². The minimum Gasteiger partial charge on any atom is -0.390 e. The third-order valence-electron chi connectivity index (χ3n) is 9.23. The molecule has 2 amide bonds. The summed E-state index contributed by atoms with van der Waals surface area (Å²) in [5, 5.41) is 21.1. The molecule has 1 aromatic rings. The van der Waals surface area contributed by atoms with Crippen LogP contribution in [-0.2, 0) is 25.8 Å². The van der Waals surface area contributed by atoms with Gasteiger partial charge in [0.1, 0.15) is 6.04 Å². The Morgan fingerprint density at radius 1 is 1.02 bits per heavy atom. The highest BCUT2D eigenvalue weighted by atomic mass is 32.2. The molecular formula is C33H56N4O5S. The SMILES string of the molecule is CC(C)N[C@H](C(=O)N[C@@H](Cc1ccccc1)[C@H](O)CN1C[C@H]2CCCC[C@H]2C[C@H]1C(=O)NC(C)(C)C)C(C)(C)S(C)(=O)=O. The van der Waals surface area contributed by atoms with Gasteiger partial charge in [-0.05, 0) is 71.3 Å². The zero-order chi connectivity index (χ0) is 32.2. The Kier molecular flexibility index (Phi) is 11.9. The second-order valence-corrected chi connectivity index (χ2v) is 17.3. The summed E-state index contributed by atoms with van der Waals surface area (Å²) in [5.41, 5.74) is 0.565. The zero-order valence-electron chi connectivity index (χ0n) is 27.5. The van der Waals surface area contributed by atoms with Gasteiger partial charge >= 0.3 is 0 Å². The maximum absolute atomic E-state index is 13.9. The van der Waals surface area contributed by atoms with Gasteiger partial charge in [0.05, 0.1) is 22.9 Å². The molecule has 1 saturated carbocycles. The van der Waals surface area contributed by atoms with E-state index in [1.165, 1.54) is 12.8 Å². The standard InChI is InChI=1S/C33H56N4O5S/c1-22(2)34-29(33(6,7)43(8,41)42)31(40)35-26(18-23-14-10-9-11-15-23)28(38)21-37-20-25-17-13-12-16-24(25)19-27(37)30(39)36-32(3,4)5/h9-11,14-15,22,24-29,34,38H,12-13,16-21H2,1-8H3,(H,35,40)(H,36,39)/t24-,25+,26-,27-,28+,29+/m0/s1. The smallest absolute Gasteiger partial charge is 0.239 e. The Labute approximate surface area is 259 Å². The van der Waals surface area contributed by atoms with Crippen LogP contribution >= 0.6 is 0 Å². The van der Waals surface area contributed by atoms with E-state index in [1.54, 1.807) is 13.8 Å². The quantitative estimate of drug-likeness (QED) is 0.283. The number of fused-ring (bicyclic) bond motifs is 1. The molecule has 1 aliphatic heterocycles. The van der Waals surface area contributed by atoms with Crippen LogP contribution in [0.5, 0.6) is 0 Å². The molecular weight excluding hydrogens is 564 g/mol. The van der Waals surface area contributed by atoms with Gasteiger partial charge in [0.15, 0.2) is 9.84 Å². The van der Waals surface area contributed by atoms with Gasteiger partial charge < -0.3 is 21.1 Å². The minimum atomic E-state index is -3.61. The number of aliphatic hydroxyl groups excluding tert-OH is 1. The number of rotatable bonds is 12. The first-order valence-electron chi connectivity index (χ1n) is 15.9. The lowest BCUT2D eigenvalue weighted by atomic mass is 9.72. The van der Waals surface area contributed by atoms with Gasteiger partial charge in [-0.25, -0.2) is 8.42 Å². The number of likely N-dealkylation sites (tertiary alicyclic amines) is 1. The van der Waals surface area contributed by atoms with E-state index in [9.17, 15) is 23.1 Å². The Bertz CT molecular complexity index is 1180. The molecule has 1 aliphatic carbocycles. The van der Waals surface area contributed by atoms with Crippen molar-refractivity contribution in [2.45, 2.75) is 128 Å². The first-order chi connectivity index (χ1) is 19.9. The Balaban J connectivity index is 1.90. The third kappa shape index (κ3) is 9.74. The van der Waals surface area contributed by atoms with E-state index in [0.717, 1.165) is 37.6 Å². The number of hydrogen-bond acceptors (Lipinski definition) is 7. The number of aliphatic hydroxyl groups is 1. The number of nitrogens with one attached hydrogen (secondary N) is 3. The second kappa shape index (κ2) is 14.4. The van der Waals surface area contributed by atoms with Gasteiger partial charge in [-0.3, -0.25) is 14.5 Å². The van der Waals surface area contributed by atoms with Crippen LogP contribution in [0.1, 0.15) is 86.1 Å². The number of sulfone groups is 1. The summed E-state index contributed by atoms with van der Waals surface area (Å²) in [5.74, 6) is 0.483. The minimum absolute atomic E-state index is 0.0246. The summed E-state index contributed by atoms with van der Waals surface area (Å²) in [6.45, 7) is 13.7.